The number of rotatable bonds is 3. The van der Waals surface area contributed by atoms with Crippen LogP contribution in [0.25, 0.3) is 0 Å². The van der Waals surface area contributed by atoms with Crippen molar-refractivity contribution in [2.24, 2.45) is 16.6 Å². The number of aliphatic imine (C=N–C) groups is 1. The Morgan fingerprint density at radius 3 is 2.95 bits per heavy atom. The van der Waals surface area contributed by atoms with Crippen LogP contribution in [0.5, 0.6) is 5.75 Å². The van der Waals surface area contributed by atoms with Crippen molar-refractivity contribution in [1.82, 2.24) is 4.90 Å². The van der Waals surface area contributed by atoms with E-state index in [4.69, 9.17) is 10.5 Å². The Morgan fingerprint density at radius 2 is 2.30 bits per heavy atom. The first-order valence-electron chi connectivity index (χ1n) is 7.28. The van der Waals surface area contributed by atoms with E-state index in [1.165, 1.54) is 12.8 Å². The van der Waals surface area contributed by atoms with Crippen LogP contribution in [0.2, 0.25) is 0 Å². The van der Waals surface area contributed by atoms with Gasteiger partial charge in [-0.1, -0.05) is 19.1 Å². The van der Waals surface area contributed by atoms with Gasteiger partial charge in [0.25, 0.3) is 0 Å². The largest absolute Gasteiger partial charge is 0.496 e. The fourth-order valence-corrected chi connectivity index (χ4v) is 2.71. The summed E-state index contributed by atoms with van der Waals surface area (Å²) in [4.78, 5) is 6.73. The summed E-state index contributed by atoms with van der Waals surface area (Å²) in [6.45, 7) is 6.99. The number of nitrogens with zero attached hydrogens (tertiary/aromatic N) is 2. The summed E-state index contributed by atoms with van der Waals surface area (Å²) in [5.41, 5.74) is 8.40. The van der Waals surface area contributed by atoms with Gasteiger partial charge in [0, 0.05) is 13.1 Å². The Kier molecular flexibility index (Phi) is 4.88. The molecule has 1 fully saturated rings. The molecule has 0 bridgehead atoms. The number of aryl methyl sites for hydroxylation is 1. The molecule has 1 aliphatic heterocycles. The maximum Gasteiger partial charge on any atom is 0.191 e. The van der Waals surface area contributed by atoms with Crippen molar-refractivity contribution in [2.75, 3.05) is 20.2 Å². The van der Waals surface area contributed by atoms with Gasteiger partial charge in [-0.05, 0) is 42.9 Å². The highest BCUT2D eigenvalue weighted by Crippen LogP contribution is 2.19. The third-order valence-electron chi connectivity index (χ3n) is 3.86. The first kappa shape index (κ1) is 14.7. The molecule has 4 nitrogen and oxygen atoms in total. The Balaban J connectivity index is 1.99. The zero-order chi connectivity index (χ0) is 14.5. The van der Waals surface area contributed by atoms with Crippen LogP contribution in [-0.4, -0.2) is 31.1 Å². The SMILES string of the molecule is COc1ccc(CN=C(N)N2CCCC(C)C2)cc1C. The van der Waals surface area contributed by atoms with Crippen LogP contribution < -0.4 is 10.5 Å². The lowest BCUT2D eigenvalue weighted by atomic mass is 10.0. The molecule has 0 radical (unpaired) electrons. The standard InChI is InChI=1S/C16H25N3O/c1-12-5-4-8-19(11-12)16(17)18-10-14-6-7-15(20-3)13(2)9-14/h6-7,9,12H,4-5,8,10-11H2,1-3H3,(H2,17,18). The molecule has 0 aromatic heterocycles. The van der Waals surface area contributed by atoms with E-state index < -0.39 is 0 Å². The van der Waals surface area contributed by atoms with E-state index >= 15 is 0 Å². The Labute approximate surface area is 121 Å². The second kappa shape index (κ2) is 6.64. The number of methoxy groups -OCH3 is 1. The van der Waals surface area contributed by atoms with Gasteiger partial charge in [0.2, 0.25) is 0 Å². The number of likely N-dealkylation sites (tertiary alicyclic amines) is 1. The molecule has 1 heterocycles. The molecule has 4 heteroatoms. The lowest BCUT2D eigenvalue weighted by Gasteiger charge is -2.31. The summed E-state index contributed by atoms with van der Waals surface area (Å²) in [6.07, 6.45) is 2.50. The molecule has 2 N–H and O–H groups in total. The maximum atomic E-state index is 6.10. The van der Waals surface area contributed by atoms with Crippen LogP contribution in [0.15, 0.2) is 23.2 Å². The summed E-state index contributed by atoms with van der Waals surface area (Å²) in [5.74, 6) is 2.29. The van der Waals surface area contributed by atoms with Crippen molar-refractivity contribution in [3.05, 3.63) is 29.3 Å². The van der Waals surface area contributed by atoms with E-state index in [0.29, 0.717) is 18.4 Å². The van der Waals surface area contributed by atoms with Crippen LogP contribution >= 0.6 is 0 Å². The third kappa shape index (κ3) is 3.65. The predicted molar refractivity (Wildman–Crippen MR) is 83.0 cm³/mol. The summed E-state index contributed by atoms with van der Waals surface area (Å²) in [6, 6.07) is 6.13. The van der Waals surface area contributed by atoms with E-state index in [-0.39, 0.29) is 0 Å². The molecule has 2 rings (SSSR count). The minimum Gasteiger partial charge on any atom is -0.496 e. The van der Waals surface area contributed by atoms with Gasteiger partial charge in [0.05, 0.1) is 13.7 Å². The smallest absolute Gasteiger partial charge is 0.191 e. The number of guanidine groups is 1. The molecule has 1 saturated heterocycles. The first-order valence-corrected chi connectivity index (χ1v) is 7.28. The Bertz CT molecular complexity index is 485. The molecule has 0 aliphatic carbocycles. The number of hydrogen-bond acceptors (Lipinski definition) is 2. The molecule has 0 spiro atoms. The topological polar surface area (TPSA) is 50.9 Å². The first-order chi connectivity index (χ1) is 9.60. The zero-order valence-corrected chi connectivity index (χ0v) is 12.7. The van der Waals surface area contributed by atoms with E-state index in [9.17, 15) is 0 Å². The number of ether oxygens (including phenoxy) is 1. The zero-order valence-electron chi connectivity index (χ0n) is 12.7. The summed E-state index contributed by atoms with van der Waals surface area (Å²) < 4.78 is 5.26. The average molecular weight is 275 g/mol. The van der Waals surface area contributed by atoms with E-state index in [1.807, 2.05) is 19.1 Å². The van der Waals surface area contributed by atoms with Crippen LogP contribution in [-0.2, 0) is 6.54 Å². The quantitative estimate of drug-likeness (QED) is 0.681. The average Bonchev–Trinajstić information content (AvgIpc) is 2.45. The summed E-state index contributed by atoms with van der Waals surface area (Å²) >= 11 is 0. The molecule has 1 unspecified atom stereocenters. The second-order valence-corrected chi connectivity index (χ2v) is 5.67. The minimum atomic E-state index is 0.627. The molecule has 1 aromatic carbocycles. The molecule has 20 heavy (non-hydrogen) atoms. The van der Waals surface area contributed by atoms with Crippen molar-refractivity contribution < 1.29 is 4.74 Å². The van der Waals surface area contributed by atoms with E-state index in [2.05, 4.69) is 22.9 Å². The highest BCUT2D eigenvalue weighted by molar-refractivity contribution is 5.78. The van der Waals surface area contributed by atoms with E-state index in [1.54, 1.807) is 7.11 Å². The van der Waals surface area contributed by atoms with Crippen LogP contribution in [0.3, 0.4) is 0 Å². The van der Waals surface area contributed by atoms with Crippen LogP contribution in [0, 0.1) is 12.8 Å². The molecule has 0 saturated carbocycles. The van der Waals surface area contributed by atoms with Gasteiger partial charge in [-0.15, -0.1) is 0 Å². The van der Waals surface area contributed by atoms with Crippen LogP contribution in [0.4, 0.5) is 0 Å². The highest BCUT2D eigenvalue weighted by Gasteiger charge is 2.17. The van der Waals surface area contributed by atoms with Gasteiger partial charge in [-0.3, -0.25) is 0 Å². The fourth-order valence-electron chi connectivity index (χ4n) is 2.71. The normalized spacial score (nSPS) is 20.1. The highest BCUT2D eigenvalue weighted by atomic mass is 16.5. The number of nitrogens with two attached hydrogens (primary N) is 1. The summed E-state index contributed by atoms with van der Waals surface area (Å²) in [7, 11) is 1.69. The molecule has 0 amide bonds. The second-order valence-electron chi connectivity index (χ2n) is 5.67. The number of hydrogen-bond donors (Lipinski definition) is 1. The fraction of sp³-hybridized carbons (Fsp3) is 0.562. The molecular formula is C16H25N3O. The van der Waals surface area contributed by atoms with Gasteiger partial charge in [-0.2, -0.15) is 0 Å². The molecular weight excluding hydrogens is 250 g/mol. The minimum absolute atomic E-state index is 0.627. The number of benzene rings is 1. The summed E-state index contributed by atoms with van der Waals surface area (Å²) in [5, 5.41) is 0. The van der Waals surface area contributed by atoms with Gasteiger partial charge in [-0.25, -0.2) is 4.99 Å². The van der Waals surface area contributed by atoms with Crippen molar-refractivity contribution in [3.8, 4) is 5.75 Å². The third-order valence-corrected chi connectivity index (χ3v) is 3.86. The number of piperidine rings is 1. The lowest BCUT2D eigenvalue weighted by molar-refractivity contribution is 0.270. The molecule has 1 aromatic rings. The Morgan fingerprint density at radius 1 is 1.50 bits per heavy atom. The van der Waals surface area contributed by atoms with Crippen molar-refractivity contribution in [3.63, 3.8) is 0 Å². The molecule has 110 valence electrons. The lowest BCUT2D eigenvalue weighted by Crippen LogP contribution is -2.43. The molecule has 1 aliphatic rings. The Hall–Kier alpha value is -1.71. The van der Waals surface area contributed by atoms with E-state index in [0.717, 1.165) is 30.0 Å². The monoisotopic (exact) mass is 275 g/mol. The van der Waals surface area contributed by atoms with Crippen molar-refractivity contribution in [2.45, 2.75) is 33.2 Å². The van der Waals surface area contributed by atoms with Gasteiger partial charge < -0.3 is 15.4 Å². The van der Waals surface area contributed by atoms with Crippen LogP contribution in [0.1, 0.15) is 30.9 Å². The van der Waals surface area contributed by atoms with Gasteiger partial charge in [0.1, 0.15) is 5.75 Å². The van der Waals surface area contributed by atoms with Gasteiger partial charge in [0.15, 0.2) is 5.96 Å². The maximum absolute atomic E-state index is 6.10. The van der Waals surface area contributed by atoms with Gasteiger partial charge >= 0.3 is 0 Å². The predicted octanol–water partition coefficient (Wildman–Crippen LogP) is 2.55. The van der Waals surface area contributed by atoms with Crippen molar-refractivity contribution >= 4 is 5.96 Å². The van der Waals surface area contributed by atoms with Crippen molar-refractivity contribution in [1.29, 1.82) is 0 Å². The molecule has 1 atom stereocenters.